The average Bonchev–Trinajstić information content (AvgIpc) is 3.14. The molecule has 53 heavy (non-hydrogen) atoms. The Labute approximate surface area is 337 Å². The molecule has 0 rings (SSSR count). The van der Waals surface area contributed by atoms with Crippen molar-refractivity contribution >= 4 is 18.6 Å². The molecule has 0 amide bonds. The second-order valence-corrected chi connectivity index (χ2v) is 16.8. The molecule has 6 heteroatoms. The molecule has 0 bridgehead atoms. The highest BCUT2D eigenvalue weighted by Crippen LogP contribution is 2.19. The molecule has 0 saturated carbocycles. The van der Waals surface area contributed by atoms with Crippen LogP contribution in [0.3, 0.4) is 0 Å². The number of unbranched alkanes of at least 4 members (excludes halogenated alkanes) is 23. The van der Waals surface area contributed by atoms with Gasteiger partial charge in [-0.05, 0) is 95.8 Å². The SMILES string of the molecule is CCCCCCCC/C=C\CCCCCCC(O)CN(CCCCS)CC(O)CCCCCC(=O)OC(CCCCCCCC)CCCCCCCC. The molecule has 316 valence electrons. The summed E-state index contributed by atoms with van der Waals surface area (Å²) in [4.78, 5) is 15.0. The largest absolute Gasteiger partial charge is 0.462 e. The van der Waals surface area contributed by atoms with E-state index in [2.05, 4.69) is 50.5 Å². The topological polar surface area (TPSA) is 70.0 Å². The van der Waals surface area contributed by atoms with Gasteiger partial charge < -0.3 is 14.9 Å². The van der Waals surface area contributed by atoms with Crippen LogP contribution in [0, 0.1) is 0 Å². The predicted molar refractivity (Wildman–Crippen MR) is 235 cm³/mol. The summed E-state index contributed by atoms with van der Waals surface area (Å²) in [5, 5.41) is 21.7. The Bertz CT molecular complexity index is 749. The van der Waals surface area contributed by atoms with Crippen LogP contribution in [0.1, 0.15) is 239 Å². The summed E-state index contributed by atoms with van der Waals surface area (Å²) >= 11 is 4.38. The smallest absolute Gasteiger partial charge is 0.306 e. The monoisotopic (exact) mass is 768 g/mol. The maximum absolute atomic E-state index is 12.8. The van der Waals surface area contributed by atoms with Crippen LogP contribution in [0.2, 0.25) is 0 Å². The summed E-state index contributed by atoms with van der Waals surface area (Å²) in [7, 11) is 0. The summed E-state index contributed by atoms with van der Waals surface area (Å²) < 4.78 is 6.02. The first kappa shape index (κ1) is 52.4. The van der Waals surface area contributed by atoms with Gasteiger partial charge in [-0.25, -0.2) is 0 Å². The molecule has 2 unspecified atom stereocenters. The lowest BCUT2D eigenvalue weighted by atomic mass is 10.0. The van der Waals surface area contributed by atoms with Gasteiger partial charge >= 0.3 is 5.97 Å². The van der Waals surface area contributed by atoms with E-state index in [1.165, 1.54) is 135 Å². The van der Waals surface area contributed by atoms with E-state index < -0.39 is 6.10 Å². The van der Waals surface area contributed by atoms with Crippen molar-refractivity contribution in [1.82, 2.24) is 4.90 Å². The summed E-state index contributed by atoms with van der Waals surface area (Å²) in [5.41, 5.74) is 0. The molecule has 0 aromatic carbocycles. The van der Waals surface area contributed by atoms with Crippen molar-refractivity contribution < 1.29 is 19.7 Å². The minimum Gasteiger partial charge on any atom is -0.462 e. The van der Waals surface area contributed by atoms with Gasteiger partial charge in [0.25, 0.3) is 0 Å². The molecule has 2 atom stereocenters. The minimum absolute atomic E-state index is 0.0347. The number of rotatable bonds is 43. The van der Waals surface area contributed by atoms with Crippen LogP contribution in [-0.2, 0) is 9.53 Å². The summed E-state index contributed by atoms with van der Waals surface area (Å²) in [6, 6.07) is 0. The van der Waals surface area contributed by atoms with Crippen LogP contribution in [0.25, 0.3) is 0 Å². The van der Waals surface area contributed by atoms with E-state index in [0.29, 0.717) is 19.5 Å². The molecule has 0 aromatic heterocycles. The molecule has 0 saturated heterocycles. The van der Waals surface area contributed by atoms with Gasteiger partial charge in [-0.15, -0.1) is 0 Å². The van der Waals surface area contributed by atoms with Gasteiger partial charge in [-0.1, -0.05) is 161 Å². The highest BCUT2D eigenvalue weighted by molar-refractivity contribution is 7.80. The van der Waals surface area contributed by atoms with E-state index in [0.717, 1.165) is 89.3 Å². The van der Waals surface area contributed by atoms with E-state index in [4.69, 9.17) is 4.74 Å². The summed E-state index contributed by atoms with van der Waals surface area (Å²) in [6.45, 7) is 8.92. The number of hydrogen-bond donors (Lipinski definition) is 3. The van der Waals surface area contributed by atoms with Gasteiger partial charge in [0.05, 0.1) is 12.2 Å². The molecule has 0 heterocycles. The van der Waals surface area contributed by atoms with Crippen molar-refractivity contribution in [3.63, 3.8) is 0 Å². The number of carbonyl (C=O) groups is 1. The van der Waals surface area contributed by atoms with Crippen molar-refractivity contribution in [2.24, 2.45) is 0 Å². The van der Waals surface area contributed by atoms with E-state index in [1.807, 2.05) is 0 Å². The summed E-state index contributed by atoms with van der Waals surface area (Å²) in [6.07, 6.45) is 43.5. The maximum Gasteiger partial charge on any atom is 0.306 e. The molecule has 0 aliphatic rings. The van der Waals surface area contributed by atoms with Crippen LogP contribution >= 0.6 is 12.6 Å². The van der Waals surface area contributed by atoms with Crippen molar-refractivity contribution in [3.05, 3.63) is 12.2 Å². The van der Waals surface area contributed by atoms with Crippen molar-refractivity contribution in [3.8, 4) is 0 Å². The van der Waals surface area contributed by atoms with Crippen molar-refractivity contribution in [2.75, 3.05) is 25.4 Å². The molecule has 0 aliphatic carbocycles. The number of aliphatic hydroxyl groups excluding tert-OH is 2. The third-order valence-corrected chi connectivity index (χ3v) is 11.2. The van der Waals surface area contributed by atoms with Crippen LogP contribution < -0.4 is 0 Å². The van der Waals surface area contributed by atoms with Gasteiger partial charge in [0, 0.05) is 19.5 Å². The van der Waals surface area contributed by atoms with Crippen LogP contribution in [0.4, 0.5) is 0 Å². The molecule has 0 aliphatic heterocycles. The first-order valence-corrected chi connectivity index (χ1v) is 24.1. The van der Waals surface area contributed by atoms with Crippen LogP contribution in [0.15, 0.2) is 12.2 Å². The van der Waals surface area contributed by atoms with E-state index in [1.54, 1.807) is 0 Å². The Morgan fingerprint density at radius 1 is 0.528 bits per heavy atom. The average molecular weight is 768 g/mol. The fraction of sp³-hybridized carbons (Fsp3) is 0.936. The fourth-order valence-electron chi connectivity index (χ4n) is 7.39. The van der Waals surface area contributed by atoms with Gasteiger partial charge in [-0.3, -0.25) is 9.69 Å². The molecule has 5 nitrogen and oxygen atoms in total. The molecule has 0 fully saturated rings. The zero-order valence-corrected chi connectivity index (χ0v) is 36.8. The zero-order valence-electron chi connectivity index (χ0n) is 35.9. The van der Waals surface area contributed by atoms with Gasteiger partial charge in [0.15, 0.2) is 0 Å². The highest BCUT2D eigenvalue weighted by Gasteiger charge is 2.17. The van der Waals surface area contributed by atoms with Gasteiger partial charge in [0.1, 0.15) is 6.10 Å². The number of nitrogens with zero attached hydrogens (tertiary/aromatic N) is 1. The molecular weight excluding hydrogens is 675 g/mol. The highest BCUT2D eigenvalue weighted by atomic mass is 32.1. The molecular formula is C47H93NO4S. The predicted octanol–water partition coefficient (Wildman–Crippen LogP) is 13.7. The number of hydrogen-bond acceptors (Lipinski definition) is 6. The normalized spacial score (nSPS) is 13.1. The van der Waals surface area contributed by atoms with Crippen LogP contribution in [0.5, 0.6) is 0 Å². The quantitative estimate of drug-likeness (QED) is 0.0249. The Hall–Kier alpha value is -0.560. The van der Waals surface area contributed by atoms with E-state index in [-0.39, 0.29) is 18.2 Å². The first-order chi connectivity index (χ1) is 26.0. The molecule has 0 aromatic rings. The first-order valence-electron chi connectivity index (χ1n) is 23.5. The molecule has 0 spiro atoms. The van der Waals surface area contributed by atoms with Gasteiger partial charge in [-0.2, -0.15) is 12.6 Å². The fourth-order valence-corrected chi connectivity index (χ4v) is 7.62. The minimum atomic E-state index is -0.404. The lowest BCUT2D eigenvalue weighted by Gasteiger charge is -2.27. The Morgan fingerprint density at radius 3 is 1.38 bits per heavy atom. The summed E-state index contributed by atoms with van der Waals surface area (Å²) in [5.74, 6) is 0.835. The zero-order chi connectivity index (χ0) is 38.9. The number of thiol groups is 1. The molecule has 0 radical (unpaired) electrons. The number of ether oxygens (including phenoxy) is 1. The number of aliphatic hydroxyl groups is 2. The van der Waals surface area contributed by atoms with E-state index >= 15 is 0 Å². The second kappa shape index (κ2) is 42.6. The number of carbonyl (C=O) groups excluding carboxylic acids is 1. The Morgan fingerprint density at radius 2 is 0.925 bits per heavy atom. The lowest BCUT2D eigenvalue weighted by Crippen LogP contribution is -2.38. The van der Waals surface area contributed by atoms with Gasteiger partial charge in [0.2, 0.25) is 0 Å². The standard InChI is InChI=1S/C47H93NO4S/c1-4-7-10-13-16-17-18-19-20-21-22-23-24-28-35-44(49)42-48(40-33-34-41-53)43-45(50)36-29-27-32-39-47(51)52-46(37-30-25-14-11-8-5-2)38-31-26-15-12-9-6-3/h19-20,44-46,49-50,53H,4-18,21-43H2,1-3H3/b20-19-. The number of esters is 1. The van der Waals surface area contributed by atoms with Crippen LogP contribution in [-0.4, -0.2) is 64.8 Å². The lowest BCUT2D eigenvalue weighted by molar-refractivity contribution is -0.150. The maximum atomic E-state index is 12.8. The third-order valence-electron chi connectivity index (χ3n) is 10.8. The second-order valence-electron chi connectivity index (χ2n) is 16.3. The molecule has 2 N–H and O–H groups in total. The number of allylic oxidation sites excluding steroid dienone is 2. The Balaban J connectivity index is 4.31. The van der Waals surface area contributed by atoms with Crippen molar-refractivity contribution in [1.29, 1.82) is 0 Å². The third kappa shape index (κ3) is 39.5. The van der Waals surface area contributed by atoms with E-state index in [9.17, 15) is 15.0 Å². The van der Waals surface area contributed by atoms with Crippen molar-refractivity contribution in [2.45, 2.75) is 257 Å². The Kier molecular flexibility index (Phi) is 42.1.